The van der Waals surface area contributed by atoms with Crippen molar-refractivity contribution in [3.8, 4) is 11.8 Å². The molecule has 0 bridgehead atoms. The standard InChI is InChI=1S/C13H19N3O2S/c1-10(2)15-19(17,18)16-13-7-6-12(5-4-8-14)11(3)9-13/h6-7,9-10,15-16H,8,14H2,1-3H3. The van der Waals surface area contributed by atoms with Crippen LogP contribution in [0, 0.1) is 18.8 Å². The van der Waals surface area contributed by atoms with Gasteiger partial charge in [0, 0.05) is 11.6 Å². The molecule has 104 valence electrons. The normalized spacial score (nSPS) is 11.0. The van der Waals surface area contributed by atoms with E-state index in [1.54, 1.807) is 32.0 Å². The summed E-state index contributed by atoms with van der Waals surface area (Å²) < 4.78 is 28.3. The molecule has 0 saturated heterocycles. The number of hydrogen-bond acceptors (Lipinski definition) is 3. The van der Waals surface area contributed by atoms with Gasteiger partial charge in [0.05, 0.1) is 12.2 Å². The van der Waals surface area contributed by atoms with E-state index in [2.05, 4.69) is 21.3 Å². The fourth-order valence-electron chi connectivity index (χ4n) is 1.51. The summed E-state index contributed by atoms with van der Waals surface area (Å²) in [6.07, 6.45) is 0. The largest absolute Gasteiger partial charge is 0.320 e. The van der Waals surface area contributed by atoms with Crippen LogP contribution in [0.5, 0.6) is 0 Å². The minimum Gasteiger partial charge on any atom is -0.320 e. The first-order valence-corrected chi connectivity index (χ1v) is 7.42. The average molecular weight is 281 g/mol. The van der Waals surface area contributed by atoms with E-state index in [0.717, 1.165) is 11.1 Å². The van der Waals surface area contributed by atoms with Crippen LogP contribution in [0.1, 0.15) is 25.0 Å². The van der Waals surface area contributed by atoms with Gasteiger partial charge in [-0.1, -0.05) is 11.8 Å². The van der Waals surface area contributed by atoms with Gasteiger partial charge >= 0.3 is 0 Å². The molecule has 19 heavy (non-hydrogen) atoms. The van der Waals surface area contributed by atoms with Gasteiger partial charge in [-0.2, -0.15) is 13.1 Å². The predicted molar refractivity (Wildman–Crippen MR) is 77.9 cm³/mol. The van der Waals surface area contributed by atoms with Crippen molar-refractivity contribution in [3.05, 3.63) is 29.3 Å². The fraction of sp³-hybridized carbons (Fsp3) is 0.385. The lowest BCUT2D eigenvalue weighted by molar-refractivity contribution is 0.575. The van der Waals surface area contributed by atoms with Gasteiger partial charge in [0.15, 0.2) is 0 Å². The highest BCUT2D eigenvalue weighted by Gasteiger charge is 2.11. The molecule has 0 amide bonds. The molecule has 0 spiro atoms. The van der Waals surface area contributed by atoms with E-state index in [0.29, 0.717) is 12.2 Å². The van der Waals surface area contributed by atoms with Gasteiger partial charge < -0.3 is 5.73 Å². The number of nitrogens with one attached hydrogen (secondary N) is 2. The molecule has 0 aliphatic heterocycles. The number of anilines is 1. The van der Waals surface area contributed by atoms with Crippen molar-refractivity contribution in [3.63, 3.8) is 0 Å². The minimum absolute atomic E-state index is 0.159. The molecule has 0 aliphatic carbocycles. The van der Waals surface area contributed by atoms with Crippen LogP contribution in [0.15, 0.2) is 18.2 Å². The topological polar surface area (TPSA) is 84.2 Å². The highest BCUT2D eigenvalue weighted by Crippen LogP contribution is 2.15. The second kappa shape index (κ2) is 6.57. The molecule has 5 nitrogen and oxygen atoms in total. The van der Waals surface area contributed by atoms with Crippen LogP contribution >= 0.6 is 0 Å². The summed E-state index contributed by atoms with van der Waals surface area (Å²) in [5.74, 6) is 5.69. The molecule has 0 fully saturated rings. The lowest BCUT2D eigenvalue weighted by atomic mass is 10.1. The van der Waals surface area contributed by atoms with Gasteiger partial charge in [0.1, 0.15) is 0 Å². The van der Waals surface area contributed by atoms with Gasteiger partial charge in [0.25, 0.3) is 10.2 Å². The van der Waals surface area contributed by atoms with Crippen LogP contribution in [0.3, 0.4) is 0 Å². The Kier molecular flexibility index (Phi) is 5.36. The third-order valence-electron chi connectivity index (χ3n) is 2.19. The highest BCUT2D eigenvalue weighted by molar-refractivity contribution is 7.90. The Labute approximate surface area is 114 Å². The number of benzene rings is 1. The maximum Gasteiger partial charge on any atom is 0.299 e. The third kappa shape index (κ3) is 5.30. The first kappa shape index (κ1) is 15.5. The van der Waals surface area contributed by atoms with Crippen molar-refractivity contribution in [1.82, 2.24) is 4.72 Å². The van der Waals surface area contributed by atoms with E-state index in [-0.39, 0.29) is 6.04 Å². The minimum atomic E-state index is -3.54. The summed E-state index contributed by atoms with van der Waals surface area (Å²) >= 11 is 0. The summed E-state index contributed by atoms with van der Waals surface area (Å²) in [5.41, 5.74) is 7.55. The maximum absolute atomic E-state index is 11.7. The number of nitrogens with two attached hydrogens (primary N) is 1. The van der Waals surface area contributed by atoms with Crippen molar-refractivity contribution in [1.29, 1.82) is 0 Å². The van der Waals surface area contributed by atoms with Gasteiger partial charge in [-0.3, -0.25) is 4.72 Å². The number of hydrogen-bond donors (Lipinski definition) is 3. The van der Waals surface area contributed by atoms with Crippen LogP contribution in [0.2, 0.25) is 0 Å². The van der Waals surface area contributed by atoms with Crippen molar-refractivity contribution in [2.45, 2.75) is 26.8 Å². The third-order valence-corrected chi connectivity index (χ3v) is 3.48. The van der Waals surface area contributed by atoms with Crippen molar-refractivity contribution in [2.24, 2.45) is 5.73 Å². The lowest BCUT2D eigenvalue weighted by Gasteiger charge is -2.12. The molecule has 6 heteroatoms. The van der Waals surface area contributed by atoms with Gasteiger partial charge in [-0.05, 0) is 44.5 Å². The molecule has 0 unspecified atom stereocenters. The van der Waals surface area contributed by atoms with Crippen LogP contribution < -0.4 is 15.2 Å². The summed E-state index contributed by atoms with van der Waals surface area (Å²) in [6.45, 7) is 5.69. The van der Waals surface area contributed by atoms with E-state index in [9.17, 15) is 8.42 Å². The zero-order valence-corrected chi connectivity index (χ0v) is 12.1. The number of aryl methyl sites for hydroxylation is 1. The predicted octanol–water partition coefficient (Wildman–Crippen LogP) is 0.960. The molecule has 1 rings (SSSR count). The van der Waals surface area contributed by atoms with Crippen molar-refractivity contribution < 1.29 is 8.42 Å². The Morgan fingerprint density at radius 3 is 2.58 bits per heavy atom. The van der Waals surface area contributed by atoms with Crippen molar-refractivity contribution in [2.75, 3.05) is 11.3 Å². The molecule has 4 N–H and O–H groups in total. The van der Waals surface area contributed by atoms with Crippen molar-refractivity contribution >= 4 is 15.9 Å². The average Bonchev–Trinajstić information content (AvgIpc) is 2.25. The van der Waals surface area contributed by atoms with Crippen LogP contribution in [0.25, 0.3) is 0 Å². The van der Waals surface area contributed by atoms with E-state index in [4.69, 9.17) is 5.73 Å². The SMILES string of the molecule is Cc1cc(NS(=O)(=O)NC(C)C)ccc1C#CCN. The van der Waals surface area contributed by atoms with Crippen LogP contribution in [0.4, 0.5) is 5.69 Å². The lowest BCUT2D eigenvalue weighted by Crippen LogP contribution is -2.35. The first-order valence-electron chi connectivity index (χ1n) is 5.93. The van der Waals surface area contributed by atoms with Crippen LogP contribution in [-0.4, -0.2) is 21.0 Å². The summed E-state index contributed by atoms with van der Waals surface area (Å²) in [4.78, 5) is 0. The molecule has 1 aromatic carbocycles. The van der Waals surface area contributed by atoms with E-state index in [1.807, 2.05) is 6.92 Å². The molecule has 0 heterocycles. The summed E-state index contributed by atoms with van der Waals surface area (Å²) in [5, 5.41) is 0. The monoisotopic (exact) mass is 281 g/mol. The summed E-state index contributed by atoms with van der Waals surface area (Å²) in [6, 6.07) is 5.02. The fourth-order valence-corrected chi connectivity index (χ4v) is 2.63. The second-order valence-electron chi connectivity index (χ2n) is 4.41. The Hall–Kier alpha value is -1.55. The molecule has 0 radical (unpaired) electrons. The molecular weight excluding hydrogens is 262 g/mol. The van der Waals surface area contributed by atoms with Gasteiger partial charge in [-0.25, -0.2) is 0 Å². The molecule has 0 aliphatic rings. The molecule has 1 aromatic rings. The molecule has 0 atom stereocenters. The zero-order chi connectivity index (χ0) is 14.5. The number of rotatable bonds is 4. The maximum atomic E-state index is 11.7. The Balaban J connectivity index is 2.90. The summed E-state index contributed by atoms with van der Waals surface area (Å²) in [7, 11) is -3.54. The molecular formula is C13H19N3O2S. The Bertz CT molecular complexity index is 598. The second-order valence-corrected chi connectivity index (χ2v) is 5.86. The zero-order valence-electron chi connectivity index (χ0n) is 11.3. The highest BCUT2D eigenvalue weighted by atomic mass is 32.2. The van der Waals surface area contributed by atoms with Gasteiger partial charge in [0.2, 0.25) is 0 Å². The molecule has 0 aromatic heterocycles. The first-order chi connectivity index (χ1) is 8.84. The van der Waals surface area contributed by atoms with E-state index >= 15 is 0 Å². The Morgan fingerprint density at radius 2 is 2.05 bits per heavy atom. The molecule has 0 saturated carbocycles. The quantitative estimate of drug-likeness (QED) is 0.719. The Morgan fingerprint density at radius 1 is 1.37 bits per heavy atom. The van der Waals surface area contributed by atoms with Gasteiger partial charge in [-0.15, -0.1) is 0 Å². The van der Waals surface area contributed by atoms with E-state index in [1.165, 1.54) is 0 Å². The van der Waals surface area contributed by atoms with Crippen LogP contribution in [-0.2, 0) is 10.2 Å². The van der Waals surface area contributed by atoms with E-state index < -0.39 is 10.2 Å². The smallest absolute Gasteiger partial charge is 0.299 e.